The topological polar surface area (TPSA) is 0 Å². The van der Waals surface area contributed by atoms with Crippen LogP contribution in [0.25, 0.3) is 18.2 Å². The maximum Gasteiger partial charge on any atom is -0.0121 e. The summed E-state index contributed by atoms with van der Waals surface area (Å²) in [7, 11) is -0.664. The van der Waals surface area contributed by atoms with Gasteiger partial charge in [-0.2, -0.15) is 0 Å². The molecule has 0 aliphatic heterocycles. The van der Waals surface area contributed by atoms with E-state index in [0.29, 0.717) is 0 Å². The molecule has 0 atom stereocenters. The molecule has 0 aliphatic rings. The Bertz CT molecular complexity index is 919. The molecule has 0 aliphatic carbocycles. The van der Waals surface area contributed by atoms with Crippen LogP contribution in [0.3, 0.4) is 0 Å². The lowest BCUT2D eigenvalue weighted by Gasteiger charge is -2.25. The minimum atomic E-state index is -0.664. The highest BCUT2D eigenvalue weighted by molar-refractivity contribution is 7.80. The van der Waals surface area contributed by atoms with Crippen molar-refractivity contribution in [3.05, 3.63) is 108 Å². The van der Waals surface area contributed by atoms with E-state index >= 15 is 0 Å². The summed E-state index contributed by atoms with van der Waals surface area (Å²) >= 11 is 0. The third-order valence-corrected chi connectivity index (χ3v) is 8.04. The van der Waals surface area contributed by atoms with E-state index in [1.165, 1.54) is 32.6 Å². The highest BCUT2D eigenvalue weighted by Crippen LogP contribution is 2.37. The summed E-state index contributed by atoms with van der Waals surface area (Å²) in [5.74, 6) is 0. The molecule has 0 fully saturated rings. The van der Waals surface area contributed by atoms with Crippen molar-refractivity contribution in [3.8, 4) is 0 Å². The second-order valence-electron chi connectivity index (χ2n) is 7.09. The second-order valence-corrected chi connectivity index (χ2v) is 9.20. The van der Waals surface area contributed by atoms with Crippen LogP contribution < -0.4 is 15.9 Å². The third kappa shape index (κ3) is 3.93. The van der Waals surface area contributed by atoms with E-state index in [-0.39, 0.29) is 0 Å². The van der Waals surface area contributed by atoms with Crippen molar-refractivity contribution in [2.75, 3.05) is 0 Å². The number of aryl methyl sites for hydroxylation is 3. The van der Waals surface area contributed by atoms with E-state index < -0.39 is 7.92 Å². The molecule has 0 radical (unpaired) electrons. The van der Waals surface area contributed by atoms with Crippen LogP contribution in [0.4, 0.5) is 0 Å². The molecule has 28 heavy (non-hydrogen) atoms. The van der Waals surface area contributed by atoms with Crippen LogP contribution in [0, 0.1) is 20.8 Å². The van der Waals surface area contributed by atoms with Gasteiger partial charge in [-0.25, -0.2) is 0 Å². The molecular formula is C27H27P. The molecule has 0 spiro atoms. The Morgan fingerprint density at radius 2 is 0.821 bits per heavy atom. The first-order valence-electron chi connectivity index (χ1n) is 9.48. The Morgan fingerprint density at radius 3 is 1.04 bits per heavy atom. The van der Waals surface area contributed by atoms with Gasteiger partial charge in [0.2, 0.25) is 0 Å². The zero-order valence-electron chi connectivity index (χ0n) is 17.0. The molecule has 0 N–H and O–H groups in total. The SMILES string of the molecule is C=Cc1ccc(P(c2ccc(C=C)cc2C)c2ccc(C=C)cc2C)c(C)c1. The Balaban J connectivity index is 2.27. The molecule has 0 saturated carbocycles. The number of hydrogen-bond donors (Lipinski definition) is 0. The summed E-state index contributed by atoms with van der Waals surface area (Å²) in [4.78, 5) is 0. The molecule has 140 valence electrons. The van der Waals surface area contributed by atoms with E-state index in [2.05, 4.69) is 95.1 Å². The normalized spacial score (nSPS) is 10.7. The number of hydrogen-bond acceptors (Lipinski definition) is 0. The van der Waals surface area contributed by atoms with Crippen molar-refractivity contribution in [2.45, 2.75) is 20.8 Å². The van der Waals surface area contributed by atoms with Crippen molar-refractivity contribution in [3.63, 3.8) is 0 Å². The first kappa shape index (κ1) is 20.1. The summed E-state index contributed by atoms with van der Waals surface area (Å²) in [5.41, 5.74) is 7.41. The van der Waals surface area contributed by atoms with Crippen LogP contribution in [-0.2, 0) is 0 Å². The monoisotopic (exact) mass is 382 g/mol. The van der Waals surface area contributed by atoms with Crippen molar-refractivity contribution in [1.29, 1.82) is 0 Å². The van der Waals surface area contributed by atoms with Gasteiger partial charge in [0.15, 0.2) is 0 Å². The summed E-state index contributed by atoms with van der Waals surface area (Å²) in [6, 6.07) is 20.1. The van der Waals surface area contributed by atoms with Crippen molar-refractivity contribution < 1.29 is 0 Å². The van der Waals surface area contributed by atoms with Gasteiger partial charge in [0.05, 0.1) is 0 Å². The minimum Gasteiger partial charge on any atom is -0.0985 e. The summed E-state index contributed by atoms with van der Waals surface area (Å²) < 4.78 is 0. The average molecular weight is 382 g/mol. The van der Waals surface area contributed by atoms with Crippen molar-refractivity contribution >= 4 is 42.1 Å². The summed E-state index contributed by atoms with van der Waals surface area (Å²) in [6.07, 6.45) is 5.73. The quantitative estimate of drug-likeness (QED) is 0.439. The minimum absolute atomic E-state index is 0.664. The van der Waals surface area contributed by atoms with Gasteiger partial charge in [-0.3, -0.25) is 0 Å². The predicted octanol–water partition coefficient (Wildman–Crippen LogP) is 6.30. The molecule has 1 heteroatoms. The first-order valence-corrected chi connectivity index (χ1v) is 10.8. The Morgan fingerprint density at radius 1 is 0.536 bits per heavy atom. The van der Waals surface area contributed by atoms with Gasteiger partial charge in [0, 0.05) is 0 Å². The maximum atomic E-state index is 3.92. The van der Waals surface area contributed by atoms with Crippen LogP contribution in [0.1, 0.15) is 33.4 Å². The Kier molecular flexibility index (Phi) is 6.12. The lowest BCUT2D eigenvalue weighted by Crippen LogP contribution is -2.25. The average Bonchev–Trinajstić information content (AvgIpc) is 2.70. The summed E-state index contributed by atoms with van der Waals surface area (Å²) in [5, 5.41) is 4.18. The molecule has 0 nitrogen and oxygen atoms in total. The van der Waals surface area contributed by atoms with Crippen LogP contribution in [0.15, 0.2) is 74.3 Å². The first-order chi connectivity index (χ1) is 13.5. The zero-order chi connectivity index (χ0) is 20.3. The van der Waals surface area contributed by atoms with E-state index in [4.69, 9.17) is 0 Å². The highest BCUT2D eigenvalue weighted by Gasteiger charge is 2.22. The van der Waals surface area contributed by atoms with Crippen molar-refractivity contribution in [2.24, 2.45) is 0 Å². The fraction of sp³-hybridized carbons (Fsp3) is 0.111. The molecule has 0 saturated heterocycles. The van der Waals surface area contributed by atoms with Gasteiger partial charge in [-0.05, 0) is 78.0 Å². The molecule has 3 aromatic carbocycles. The van der Waals surface area contributed by atoms with E-state index in [9.17, 15) is 0 Å². The molecule has 0 amide bonds. The number of benzene rings is 3. The maximum absolute atomic E-state index is 3.92. The van der Waals surface area contributed by atoms with E-state index in [1.807, 2.05) is 18.2 Å². The van der Waals surface area contributed by atoms with Crippen LogP contribution in [0.2, 0.25) is 0 Å². The molecule has 3 aromatic rings. The fourth-order valence-corrected chi connectivity index (χ4v) is 6.26. The molecule has 3 rings (SSSR count). The summed E-state index contributed by atoms with van der Waals surface area (Å²) in [6.45, 7) is 18.4. The van der Waals surface area contributed by atoms with Crippen LogP contribution in [-0.4, -0.2) is 0 Å². The zero-order valence-corrected chi connectivity index (χ0v) is 17.9. The molecule has 0 bridgehead atoms. The van der Waals surface area contributed by atoms with Gasteiger partial charge < -0.3 is 0 Å². The molecule has 0 aromatic heterocycles. The number of rotatable bonds is 6. The van der Waals surface area contributed by atoms with Gasteiger partial charge >= 0.3 is 0 Å². The van der Waals surface area contributed by atoms with Gasteiger partial charge in [0.25, 0.3) is 0 Å². The molecule has 0 heterocycles. The predicted molar refractivity (Wildman–Crippen MR) is 130 cm³/mol. The van der Waals surface area contributed by atoms with E-state index in [0.717, 1.165) is 16.7 Å². The van der Waals surface area contributed by atoms with Crippen LogP contribution in [0.5, 0.6) is 0 Å². The largest absolute Gasteiger partial charge is 0.0985 e. The standard InChI is InChI=1S/C27H27P/c1-7-22-10-13-25(19(4)16-22)28(26-14-11-23(8-2)17-20(26)5)27-15-12-24(9-3)18-21(27)6/h7-18H,1-3H2,4-6H3. The molecular weight excluding hydrogens is 355 g/mol. The van der Waals surface area contributed by atoms with Gasteiger partial charge in [-0.15, -0.1) is 0 Å². The van der Waals surface area contributed by atoms with Crippen LogP contribution >= 0.6 is 7.92 Å². The van der Waals surface area contributed by atoms with Gasteiger partial charge in [0.1, 0.15) is 0 Å². The fourth-order valence-electron chi connectivity index (χ4n) is 3.56. The van der Waals surface area contributed by atoms with E-state index in [1.54, 1.807) is 0 Å². The smallest absolute Gasteiger partial charge is 0.0121 e. The highest BCUT2D eigenvalue weighted by atomic mass is 31.1. The second kappa shape index (κ2) is 8.55. The third-order valence-electron chi connectivity index (χ3n) is 5.09. The Labute approximate surface area is 170 Å². The lowest BCUT2D eigenvalue weighted by atomic mass is 10.1. The van der Waals surface area contributed by atoms with Gasteiger partial charge in [-0.1, -0.05) is 92.6 Å². The van der Waals surface area contributed by atoms with Crippen molar-refractivity contribution in [1.82, 2.24) is 0 Å². The Hall–Kier alpha value is -2.69. The lowest BCUT2D eigenvalue weighted by molar-refractivity contribution is 1.48. The molecule has 0 unspecified atom stereocenters.